The lowest BCUT2D eigenvalue weighted by atomic mass is 9.92. The fourth-order valence-electron chi connectivity index (χ4n) is 6.45. The van der Waals surface area contributed by atoms with Gasteiger partial charge < -0.3 is 30.2 Å². The molecule has 1 aliphatic rings. The Hall–Kier alpha value is -7.60. The van der Waals surface area contributed by atoms with Crippen molar-refractivity contribution in [1.82, 2.24) is 40.2 Å². The molecule has 17 heteroatoms. The number of benzene rings is 3. The molecule has 0 spiro atoms. The number of amides is 4. The number of H-pyrrole nitrogens is 1. The van der Waals surface area contributed by atoms with E-state index < -0.39 is 0 Å². The van der Waals surface area contributed by atoms with Gasteiger partial charge in [-0.15, -0.1) is 0 Å². The van der Waals surface area contributed by atoms with Gasteiger partial charge in [-0.1, -0.05) is 32.9 Å². The Labute approximate surface area is 377 Å². The van der Waals surface area contributed by atoms with Crippen LogP contribution in [-0.4, -0.2) is 92.8 Å². The second-order valence-electron chi connectivity index (χ2n) is 15.9. The van der Waals surface area contributed by atoms with Crippen molar-refractivity contribution in [2.75, 3.05) is 67.2 Å². The first-order valence-electron chi connectivity index (χ1n) is 21.3. The Bertz CT molecular complexity index is 2520. The van der Waals surface area contributed by atoms with E-state index in [0.717, 1.165) is 63.7 Å². The minimum absolute atomic E-state index is 0.0615. The average molecular weight is 879 g/mol. The van der Waals surface area contributed by atoms with Crippen molar-refractivity contribution in [3.05, 3.63) is 151 Å². The predicted molar refractivity (Wildman–Crippen MR) is 251 cm³/mol. The number of pyridine rings is 2. The predicted octanol–water partition coefficient (Wildman–Crippen LogP) is 8.71. The number of carbonyl (C=O) groups is 2. The highest BCUT2D eigenvalue weighted by Gasteiger charge is 2.18. The van der Waals surface area contributed by atoms with Gasteiger partial charge >= 0.3 is 12.1 Å². The topological polar surface area (TPSA) is 198 Å². The highest BCUT2D eigenvalue weighted by Crippen LogP contribution is 2.25. The van der Waals surface area contributed by atoms with E-state index in [0.29, 0.717) is 46.0 Å². The number of hydrogen-bond acceptors (Lipinski definition) is 11. The molecule has 0 atom stereocenters. The zero-order chi connectivity index (χ0) is 45.3. The molecule has 1 aliphatic heterocycles. The summed E-state index contributed by atoms with van der Waals surface area (Å²) < 4.78 is 18.5. The Balaban J connectivity index is 0.000000210. The normalized spacial score (nSPS) is 12.6. The number of ether oxygens (including phenoxy) is 3. The van der Waals surface area contributed by atoms with Crippen LogP contribution < -0.4 is 36.1 Å². The van der Waals surface area contributed by atoms with E-state index in [1.165, 1.54) is 5.56 Å². The molecule has 3 aromatic carbocycles. The zero-order valence-corrected chi connectivity index (χ0v) is 36.7. The number of rotatable bonds is 15. The maximum Gasteiger partial charge on any atom is 0.324 e. The van der Waals surface area contributed by atoms with Gasteiger partial charge in [0.2, 0.25) is 0 Å². The molecule has 0 aliphatic carbocycles. The summed E-state index contributed by atoms with van der Waals surface area (Å²) in [7, 11) is 0. The van der Waals surface area contributed by atoms with Gasteiger partial charge in [-0.05, 0) is 103 Å². The van der Waals surface area contributed by atoms with E-state index >= 15 is 0 Å². The average Bonchev–Trinajstić information content (AvgIpc) is 3.99. The van der Waals surface area contributed by atoms with E-state index in [2.05, 4.69) is 89.7 Å². The van der Waals surface area contributed by atoms with Crippen LogP contribution >= 0.6 is 0 Å². The smallest absolute Gasteiger partial charge is 0.324 e. The van der Waals surface area contributed by atoms with Crippen molar-refractivity contribution in [3.8, 4) is 28.7 Å². The highest BCUT2D eigenvalue weighted by molar-refractivity contribution is 6.00. The molecule has 336 valence electrons. The van der Waals surface area contributed by atoms with E-state index in [4.69, 9.17) is 14.2 Å². The van der Waals surface area contributed by atoms with Crippen LogP contribution in [0, 0.1) is 0 Å². The van der Waals surface area contributed by atoms with E-state index in [-0.39, 0.29) is 17.5 Å². The summed E-state index contributed by atoms with van der Waals surface area (Å²) in [5.74, 6) is 3.78. The Morgan fingerprint density at radius 2 is 1.22 bits per heavy atom. The summed E-state index contributed by atoms with van der Waals surface area (Å²) in [5, 5.41) is 26.1. The van der Waals surface area contributed by atoms with Gasteiger partial charge in [0.25, 0.3) is 0 Å². The molecule has 4 aromatic heterocycles. The lowest BCUT2D eigenvalue weighted by molar-refractivity contribution is 0.0385. The van der Waals surface area contributed by atoms with Gasteiger partial charge in [0.1, 0.15) is 28.8 Å². The van der Waals surface area contributed by atoms with Gasteiger partial charge in [-0.25, -0.2) is 14.3 Å². The third-order valence-corrected chi connectivity index (χ3v) is 9.99. The molecule has 4 amide bonds. The van der Waals surface area contributed by atoms with Crippen LogP contribution in [0.5, 0.6) is 23.0 Å². The van der Waals surface area contributed by atoms with Gasteiger partial charge in [0.05, 0.1) is 25.1 Å². The summed E-state index contributed by atoms with van der Waals surface area (Å²) >= 11 is 0. The number of aromatic nitrogens is 6. The van der Waals surface area contributed by atoms with Crippen molar-refractivity contribution in [2.45, 2.75) is 32.6 Å². The van der Waals surface area contributed by atoms with Crippen molar-refractivity contribution in [3.63, 3.8) is 0 Å². The minimum Gasteiger partial charge on any atom is -0.457 e. The van der Waals surface area contributed by atoms with Gasteiger partial charge in [0.15, 0.2) is 5.82 Å². The van der Waals surface area contributed by atoms with Gasteiger partial charge in [-0.2, -0.15) is 10.2 Å². The largest absolute Gasteiger partial charge is 0.457 e. The minimum atomic E-state index is -0.362. The van der Waals surface area contributed by atoms with Crippen LogP contribution in [0.1, 0.15) is 32.0 Å². The number of hydrogen-bond donors (Lipinski definition) is 6. The van der Waals surface area contributed by atoms with E-state index in [1.807, 2.05) is 18.2 Å². The number of carbonyl (C=O) groups excluding carboxylic acids is 2. The van der Waals surface area contributed by atoms with Crippen molar-refractivity contribution < 1.29 is 23.8 Å². The Morgan fingerprint density at radius 1 is 0.662 bits per heavy atom. The molecule has 0 saturated carbocycles. The van der Waals surface area contributed by atoms with E-state index in [1.54, 1.807) is 115 Å². The highest BCUT2D eigenvalue weighted by atomic mass is 16.5. The fourth-order valence-corrected chi connectivity index (χ4v) is 6.45. The molecule has 1 fully saturated rings. The fraction of sp³-hybridized carbons (Fsp3) is 0.250. The Kier molecular flexibility index (Phi) is 15.8. The quantitative estimate of drug-likeness (QED) is 0.0539. The third-order valence-electron chi connectivity index (χ3n) is 9.99. The molecule has 6 N–H and O–H groups in total. The summed E-state index contributed by atoms with van der Waals surface area (Å²) in [4.78, 5) is 35.1. The SMILES string of the molecule is CC(C)(C)c1cc(NC(=O)Nc2ccc(Oc3ccncc3)cc2)n[nH]1.O=C(Nc1ccc(Oc2ccncc2)cc1)Nc1ccnn1-c1ccc(CCNCCN2CCOCC2)cc1. The van der Waals surface area contributed by atoms with Gasteiger partial charge in [0, 0.05) is 85.6 Å². The molecular weight excluding hydrogens is 825 g/mol. The first-order chi connectivity index (χ1) is 31.6. The summed E-state index contributed by atoms with van der Waals surface area (Å²) in [5.41, 5.74) is 4.30. The van der Waals surface area contributed by atoms with Gasteiger partial charge in [-0.3, -0.25) is 30.6 Å². The molecule has 5 heterocycles. The number of nitrogens with one attached hydrogen (secondary N) is 6. The van der Waals surface area contributed by atoms with E-state index in [9.17, 15) is 9.59 Å². The molecule has 0 radical (unpaired) electrons. The van der Waals surface area contributed by atoms with Crippen molar-refractivity contribution in [1.29, 1.82) is 0 Å². The monoisotopic (exact) mass is 878 g/mol. The standard InChI is InChI=1S/C29H33N7O3.C19H21N5O2/c37-29(33-24-3-7-26(8-4-24)39-27-10-14-30-15-11-27)34-28-12-16-32-36(28)25-5-1-23(2-6-25)9-13-31-17-18-35-19-21-38-22-20-35;1-19(2,3)16-12-17(24-23-16)22-18(25)21-13-4-6-14(7-5-13)26-15-8-10-20-11-9-15/h1-8,10-12,14-16,31H,9,13,17-22H2,(H2,33,34,37);4-12H,1-3H3,(H3,21,22,23,24,25). The summed E-state index contributed by atoms with van der Waals surface area (Å²) in [6.45, 7) is 12.9. The van der Waals surface area contributed by atoms with Crippen LogP contribution in [0.25, 0.3) is 5.69 Å². The van der Waals surface area contributed by atoms with Crippen LogP contribution in [0.15, 0.2) is 140 Å². The molecule has 7 aromatic rings. The second kappa shape index (κ2) is 22.7. The zero-order valence-electron chi connectivity index (χ0n) is 36.7. The molecule has 1 saturated heterocycles. The first-order valence-corrected chi connectivity index (χ1v) is 21.3. The number of nitrogens with zero attached hydrogens (tertiary/aromatic N) is 6. The molecule has 65 heavy (non-hydrogen) atoms. The van der Waals surface area contributed by atoms with Crippen LogP contribution in [0.3, 0.4) is 0 Å². The number of anilines is 4. The first kappa shape index (κ1) is 45.4. The van der Waals surface area contributed by atoms with Crippen LogP contribution in [0.2, 0.25) is 0 Å². The molecule has 0 bridgehead atoms. The number of morpholine rings is 1. The number of urea groups is 2. The lowest BCUT2D eigenvalue weighted by Gasteiger charge is -2.26. The molecule has 0 unspecified atom stereocenters. The third kappa shape index (κ3) is 14.5. The summed E-state index contributed by atoms with van der Waals surface area (Å²) in [6.07, 6.45) is 9.27. The van der Waals surface area contributed by atoms with Crippen LogP contribution in [0.4, 0.5) is 32.6 Å². The van der Waals surface area contributed by atoms with Crippen molar-refractivity contribution >= 4 is 35.1 Å². The molecule has 8 rings (SSSR count). The molecular formula is C48H54N12O5. The lowest BCUT2D eigenvalue weighted by Crippen LogP contribution is -2.40. The maximum atomic E-state index is 12.6. The Morgan fingerprint density at radius 3 is 1.77 bits per heavy atom. The summed E-state index contributed by atoms with van der Waals surface area (Å²) in [6, 6.07) is 32.4. The van der Waals surface area contributed by atoms with Crippen molar-refractivity contribution in [2.24, 2.45) is 0 Å². The number of aromatic amines is 1. The maximum absolute atomic E-state index is 12.6. The van der Waals surface area contributed by atoms with Crippen LogP contribution in [-0.2, 0) is 16.6 Å². The molecule has 17 nitrogen and oxygen atoms in total. The second-order valence-corrected chi connectivity index (χ2v) is 15.9.